The van der Waals surface area contributed by atoms with Gasteiger partial charge in [-0.1, -0.05) is 0 Å². The van der Waals surface area contributed by atoms with Crippen molar-refractivity contribution in [1.29, 1.82) is 5.26 Å². The third-order valence-electron chi connectivity index (χ3n) is 1.98. The van der Waals surface area contributed by atoms with Crippen molar-refractivity contribution in [3.63, 3.8) is 0 Å². The number of halogens is 1. The van der Waals surface area contributed by atoms with Crippen LogP contribution in [0.5, 0.6) is 0 Å². The van der Waals surface area contributed by atoms with Gasteiger partial charge in [-0.15, -0.1) is 0 Å². The first-order valence-corrected chi connectivity index (χ1v) is 6.39. The predicted molar refractivity (Wildman–Crippen MR) is 57.7 cm³/mol. The lowest BCUT2D eigenvalue weighted by Gasteiger charge is -2.04. The van der Waals surface area contributed by atoms with Crippen LogP contribution in [0.25, 0.3) is 0 Å². The molecular weight excluding hydrogens is 231 g/mol. The SMILES string of the molecule is N#Cc1ccc(F)c(CS(=O)(=O)CCN)c1. The molecule has 6 heteroatoms. The normalized spacial score (nSPS) is 11.1. The van der Waals surface area contributed by atoms with Crippen LogP contribution in [0.3, 0.4) is 0 Å². The molecule has 0 saturated heterocycles. The summed E-state index contributed by atoms with van der Waals surface area (Å²) in [7, 11) is -3.41. The minimum atomic E-state index is -3.41. The minimum Gasteiger partial charge on any atom is -0.329 e. The predicted octanol–water partition coefficient (Wildman–Crippen LogP) is 0.571. The molecule has 0 unspecified atom stereocenters. The van der Waals surface area contributed by atoms with Crippen molar-refractivity contribution in [3.8, 4) is 6.07 Å². The van der Waals surface area contributed by atoms with Crippen LogP contribution in [-0.4, -0.2) is 20.7 Å². The van der Waals surface area contributed by atoms with Gasteiger partial charge in [-0.05, 0) is 18.2 Å². The van der Waals surface area contributed by atoms with Gasteiger partial charge in [0.2, 0.25) is 0 Å². The number of benzene rings is 1. The molecule has 4 nitrogen and oxygen atoms in total. The lowest BCUT2D eigenvalue weighted by molar-refractivity contribution is 0.587. The highest BCUT2D eigenvalue weighted by molar-refractivity contribution is 7.90. The van der Waals surface area contributed by atoms with Crippen molar-refractivity contribution in [2.75, 3.05) is 12.3 Å². The zero-order chi connectivity index (χ0) is 12.2. The van der Waals surface area contributed by atoms with Crippen LogP contribution in [-0.2, 0) is 15.6 Å². The monoisotopic (exact) mass is 242 g/mol. The van der Waals surface area contributed by atoms with E-state index in [0.717, 1.165) is 6.07 Å². The van der Waals surface area contributed by atoms with Crippen molar-refractivity contribution in [1.82, 2.24) is 0 Å². The van der Waals surface area contributed by atoms with Crippen LogP contribution in [0.4, 0.5) is 4.39 Å². The second kappa shape index (κ2) is 5.05. The van der Waals surface area contributed by atoms with Gasteiger partial charge >= 0.3 is 0 Å². The largest absolute Gasteiger partial charge is 0.329 e. The van der Waals surface area contributed by atoms with Crippen molar-refractivity contribution in [2.24, 2.45) is 5.73 Å². The molecule has 1 aromatic rings. The number of nitrogens with two attached hydrogens (primary N) is 1. The van der Waals surface area contributed by atoms with Crippen molar-refractivity contribution in [2.45, 2.75) is 5.75 Å². The Bertz CT molecular complexity index is 520. The van der Waals surface area contributed by atoms with Gasteiger partial charge in [-0.3, -0.25) is 0 Å². The maximum Gasteiger partial charge on any atom is 0.155 e. The van der Waals surface area contributed by atoms with E-state index in [9.17, 15) is 12.8 Å². The molecule has 0 saturated carbocycles. The molecule has 0 spiro atoms. The van der Waals surface area contributed by atoms with Crippen LogP contribution in [0.1, 0.15) is 11.1 Å². The third-order valence-corrected chi connectivity index (χ3v) is 3.59. The van der Waals surface area contributed by atoms with Crippen LogP contribution < -0.4 is 5.73 Å². The van der Waals surface area contributed by atoms with Gasteiger partial charge in [0.15, 0.2) is 9.84 Å². The van der Waals surface area contributed by atoms with E-state index in [1.165, 1.54) is 12.1 Å². The summed E-state index contributed by atoms with van der Waals surface area (Å²) in [6.45, 7) is 0.00188. The van der Waals surface area contributed by atoms with E-state index in [1.54, 1.807) is 0 Å². The first-order chi connectivity index (χ1) is 7.48. The van der Waals surface area contributed by atoms with E-state index in [0.29, 0.717) is 0 Å². The van der Waals surface area contributed by atoms with Crippen LogP contribution in [0, 0.1) is 17.1 Å². The molecule has 1 aromatic carbocycles. The molecule has 0 aliphatic carbocycles. The van der Waals surface area contributed by atoms with E-state index < -0.39 is 21.4 Å². The molecule has 0 fully saturated rings. The van der Waals surface area contributed by atoms with Gasteiger partial charge in [0.25, 0.3) is 0 Å². The van der Waals surface area contributed by atoms with E-state index in [1.807, 2.05) is 6.07 Å². The van der Waals surface area contributed by atoms with Crippen molar-refractivity contribution in [3.05, 3.63) is 35.1 Å². The zero-order valence-electron chi connectivity index (χ0n) is 8.48. The molecule has 1 rings (SSSR count). The fourth-order valence-corrected chi connectivity index (χ4v) is 2.44. The first-order valence-electron chi connectivity index (χ1n) is 4.57. The molecule has 86 valence electrons. The van der Waals surface area contributed by atoms with E-state index in [4.69, 9.17) is 11.0 Å². The fourth-order valence-electron chi connectivity index (χ4n) is 1.24. The van der Waals surface area contributed by atoms with Crippen LogP contribution >= 0.6 is 0 Å². The summed E-state index contributed by atoms with van der Waals surface area (Å²) in [5, 5.41) is 8.61. The van der Waals surface area contributed by atoms with Crippen LogP contribution in [0.15, 0.2) is 18.2 Å². The summed E-state index contributed by atoms with van der Waals surface area (Å²) < 4.78 is 36.1. The van der Waals surface area contributed by atoms with E-state index in [2.05, 4.69) is 0 Å². The highest BCUT2D eigenvalue weighted by atomic mass is 32.2. The molecule has 0 aliphatic heterocycles. The lowest BCUT2D eigenvalue weighted by atomic mass is 10.1. The summed E-state index contributed by atoms with van der Waals surface area (Å²) in [6, 6.07) is 5.45. The quantitative estimate of drug-likeness (QED) is 0.836. The average molecular weight is 242 g/mol. The average Bonchev–Trinajstić information content (AvgIpc) is 2.21. The van der Waals surface area contributed by atoms with Gasteiger partial charge in [0, 0.05) is 12.1 Å². The number of nitriles is 1. The topological polar surface area (TPSA) is 84.0 Å². The fraction of sp³-hybridized carbons (Fsp3) is 0.300. The van der Waals surface area contributed by atoms with Gasteiger partial charge in [-0.25, -0.2) is 12.8 Å². The smallest absolute Gasteiger partial charge is 0.155 e. The summed E-state index contributed by atoms with van der Waals surface area (Å²) in [5.74, 6) is -1.24. The maximum atomic E-state index is 13.3. The van der Waals surface area contributed by atoms with Crippen molar-refractivity contribution >= 4 is 9.84 Å². The van der Waals surface area contributed by atoms with Gasteiger partial charge in [0.05, 0.1) is 23.1 Å². The standard InChI is InChI=1S/C10H11FN2O2S/c11-10-2-1-8(6-13)5-9(10)7-16(14,15)4-3-12/h1-2,5H,3-4,7,12H2. The minimum absolute atomic E-state index is 0.00188. The molecule has 0 heterocycles. The second-order valence-electron chi connectivity index (χ2n) is 3.30. The maximum absolute atomic E-state index is 13.3. The highest BCUT2D eigenvalue weighted by Gasteiger charge is 2.14. The Morgan fingerprint density at radius 3 is 2.69 bits per heavy atom. The molecule has 0 aromatic heterocycles. The summed E-state index contributed by atoms with van der Waals surface area (Å²) in [6.07, 6.45) is 0. The zero-order valence-corrected chi connectivity index (χ0v) is 9.30. The molecule has 0 atom stereocenters. The van der Waals surface area contributed by atoms with Gasteiger partial charge < -0.3 is 5.73 Å². The number of rotatable bonds is 4. The van der Waals surface area contributed by atoms with Crippen LogP contribution in [0.2, 0.25) is 0 Å². The third kappa shape index (κ3) is 3.29. The molecule has 16 heavy (non-hydrogen) atoms. The second-order valence-corrected chi connectivity index (χ2v) is 5.48. The molecular formula is C10H11FN2O2S. The molecule has 2 N–H and O–H groups in total. The lowest BCUT2D eigenvalue weighted by Crippen LogP contribution is -2.17. The molecule has 0 radical (unpaired) electrons. The number of sulfone groups is 1. The Morgan fingerprint density at radius 2 is 2.12 bits per heavy atom. The molecule has 0 aliphatic rings. The number of nitrogens with zero attached hydrogens (tertiary/aromatic N) is 1. The first kappa shape index (κ1) is 12.6. The number of hydrogen-bond acceptors (Lipinski definition) is 4. The molecule has 0 bridgehead atoms. The summed E-state index contributed by atoms with van der Waals surface area (Å²) in [4.78, 5) is 0. The Morgan fingerprint density at radius 1 is 1.44 bits per heavy atom. The van der Waals surface area contributed by atoms with E-state index >= 15 is 0 Å². The number of hydrogen-bond donors (Lipinski definition) is 1. The Hall–Kier alpha value is -1.45. The van der Waals surface area contributed by atoms with Gasteiger partial charge in [-0.2, -0.15) is 5.26 Å². The Labute approximate surface area is 93.4 Å². The highest BCUT2D eigenvalue weighted by Crippen LogP contribution is 2.13. The summed E-state index contributed by atoms with van der Waals surface area (Å²) >= 11 is 0. The Balaban J connectivity index is 3.02. The van der Waals surface area contributed by atoms with E-state index in [-0.39, 0.29) is 23.4 Å². The van der Waals surface area contributed by atoms with Gasteiger partial charge in [0.1, 0.15) is 5.82 Å². The Kier molecular flexibility index (Phi) is 3.99. The molecule has 0 amide bonds. The van der Waals surface area contributed by atoms with Crippen molar-refractivity contribution < 1.29 is 12.8 Å². The summed E-state index contributed by atoms with van der Waals surface area (Å²) in [5.41, 5.74) is 5.38.